The number of hydrogen-bond donors (Lipinski definition) is 2. The summed E-state index contributed by atoms with van der Waals surface area (Å²) in [6, 6.07) is 1.46. The molecular formula is C8H6BrN3O4S. The van der Waals surface area contributed by atoms with Crippen molar-refractivity contribution < 1.29 is 13.2 Å². The molecule has 17 heavy (non-hydrogen) atoms. The lowest BCUT2D eigenvalue weighted by Gasteiger charge is -2.06. The van der Waals surface area contributed by atoms with Crippen molar-refractivity contribution in [2.75, 3.05) is 5.32 Å². The summed E-state index contributed by atoms with van der Waals surface area (Å²) in [5.41, 5.74) is 0.216. The number of nitrogens with one attached hydrogen (secondary N) is 1. The third kappa shape index (κ3) is 1.96. The molecule has 1 unspecified atom stereocenters. The summed E-state index contributed by atoms with van der Waals surface area (Å²) in [4.78, 5) is 21.7. The lowest BCUT2D eigenvalue weighted by Crippen LogP contribution is -2.15. The first-order valence-corrected chi connectivity index (χ1v) is 6.68. The van der Waals surface area contributed by atoms with E-state index in [1.54, 1.807) is 0 Å². The molecule has 0 radical (unpaired) electrons. The van der Waals surface area contributed by atoms with Gasteiger partial charge in [0.05, 0.1) is 5.69 Å². The van der Waals surface area contributed by atoms with Crippen LogP contribution < -0.4 is 10.5 Å². The maximum absolute atomic E-state index is 11.4. The molecule has 1 aliphatic rings. The molecule has 1 aliphatic heterocycles. The molecule has 0 saturated carbocycles. The highest BCUT2D eigenvalue weighted by molar-refractivity contribution is 9.10. The summed E-state index contributed by atoms with van der Waals surface area (Å²) in [6.45, 7) is 0. The molecule has 1 atom stereocenters. The maximum atomic E-state index is 11.4. The third-order valence-electron chi connectivity index (χ3n) is 2.30. The van der Waals surface area contributed by atoms with Gasteiger partial charge in [-0.2, -0.15) is 0 Å². The molecule has 0 fully saturated rings. The number of carbonyl (C=O) groups is 1. The summed E-state index contributed by atoms with van der Waals surface area (Å²) >= 11 is 3.08. The summed E-state index contributed by atoms with van der Waals surface area (Å²) in [7, 11) is -3.99. The Balaban J connectivity index is 2.77. The van der Waals surface area contributed by atoms with Gasteiger partial charge in [-0.3, -0.25) is 4.79 Å². The molecule has 0 saturated heterocycles. The van der Waals surface area contributed by atoms with Crippen molar-refractivity contribution in [3.05, 3.63) is 27.1 Å². The summed E-state index contributed by atoms with van der Waals surface area (Å²) in [5, 5.41) is 9.97. The molecule has 2 rings (SSSR count). The third-order valence-corrected chi connectivity index (χ3v) is 3.69. The van der Waals surface area contributed by atoms with Crippen LogP contribution in [0.3, 0.4) is 0 Å². The van der Waals surface area contributed by atoms with Crippen molar-refractivity contribution in [1.82, 2.24) is 0 Å². The average molecular weight is 320 g/mol. The van der Waals surface area contributed by atoms with Crippen LogP contribution in [0.4, 0.5) is 5.69 Å². The molecule has 1 heterocycles. The van der Waals surface area contributed by atoms with Crippen molar-refractivity contribution in [2.24, 2.45) is 10.3 Å². The summed E-state index contributed by atoms with van der Waals surface area (Å²) < 4.78 is 23.1. The number of hydrogen-bond acceptors (Lipinski definition) is 5. The number of primary sulfonamides is 1. The lowest BCUT2D eigenvalue weighted by atomic mass is 10.1. The Morgan fingerprint density at radius 2 is 2.06 bits per heavy atom. The Morgan fingerprint density at radius 3 is 2.59 bits per heavy atom. The van der Waals surface area contributed by atoms with Gasteiger partial charge >= 0.3 is 0 Å². The van der Waals surface area contributed by atoms with Gasteiger partial charge in [0.15, 0.2) is 6.04 Å². The van der Waals surface area contributed by atoms with E-state index >= 15 is 0 Å². The Kier molecular flexibility index (Phi) is 2.76. The number of nitroso groups, excluding NO2 is 1. The largest absolute Gasteiger partial charge is 0.322 e. The minimum absolute atomic E-state index is 0.0188. The molecule has 90 valence electrons. The molecule has 9 heteroatoms. The minimum Gasteiger partial charge on any atom is -0.322 e. The fraction of sp³-hybridized carbons (Fsp3) is 0.125. The highest BCUT2D eigenvalue weighted by atomic mass is 79.9. The van der Waals surface area contributed by atoms with E-state index < -0.39 is 22.0 Å². The predicted molar refractivity (Wildman–Crippen MR) is 62.7 cm³/mol. The van der Waals surface area contributed by atoms with E-state index in [2.05, 4.69) is 26.4 Å². The number of nitrogens with zero attached hydrogens (tertiary/aromatic N) is 1. The molecule has 7 nitrogen and oxygen atoms in total. The average Bonchev–Trinajstić information content (AvgIpc) is 2.50. The van der Waals surface area contributed by atoms with Crippen LogP contribution in [-0.2, 0) is 14.8 Å². The van der Waals surface area contributed by atoms with Gasteiger partial charge in [0.1, 0.15) is 4.90 Å². The molecule has 0 spiro atoms. The van der Waals surface area contributed by atoms with Crippen molar-refractivity contribution >= 4 is 37.5 Å². The second-order valence-corrected chi connectivity index (χ2v) is 5.86. The van der Waals surface area contributed by atoms with Crippen LogP contribution >= 0.6 is 15.9 Å². The van der Waals surface area contributed by atoms with E-state index in [4.69, 9.17) is 5.14 Å². The Bertz CT molecular complexity index is 628. The molecule has 1 aromatic carbocycles. The number of anilines is 1. The molecule has 3 N–H and O–H groups in total. The zero-order valence-corrected chi connectivity index (χ0v) is 10.6. The van der Waals surface area contributed by atoms with Gasteiger partial charge in [-0.25, -0.2) is 13.6 Å². The molecule has 0 aromatic heterocycles. The highest BCUT2D eigenvalue weighted by Gasteiger charge is 2.35. The monoisotopic (exact) mass is 319 g/mol. The fourth-order valence-corrected chi connectivity index (χ4v) is 2.99. The van der Waals surface area contributed by atoms with Gasteiger partial charge in [-0.15, -0.1) is 4.91 Å². The van der Waals surface area contributed by atoms with Gasteiger partial charge < -0.3 is 5.32 Å². The van der Waals surface area contributed by atoms with E-state index in [9.17, 15) is 18.1 Å². The molecular weight excluding hydrogens is 314 g/mol. The minimum atomic E-state index is -3.99. The molecule has 0 aliphatic carbocycles. The van der Waals surface area contributed by atoms with Crippen LogP contribution in [-0.4, -0.2) is 14.3 Å². The van der Waals surface area contributed by atoms with Gasteiger partial charge in [0.25, 0.3) is 5.91 Å². The Morgan fingerprint density at radius 1 is 1.41 bits per heavy atom. The number of rotatable bonds is 2. The van der Waals surface area contributed by atoms with Gasteiger partial charge in [0.2, 0.25) is 10.0 Å². The number of nitrogens with two attached hydrogens (primary N) is 1. The van der Waals surface area contributed by atoms with E-state index in [0.29, 0.717) is 4.47 Å². The lowest BCUT2D eigenvalue weighted by molar-refractivity contribution is -0.116. The number of amides is 1. The smallest absolute Gasteiger partial charge is 0.257 e. The van der Waals surface area contributed by atoms with E-state index in [0.717, 1.165) is 0 Å². The first-order chi connectivity index (χ1) is 7.84. The van der Waals surface area contributed by atoms with E-state index in [1.165, 1.54) is 12.1 Å². The number of benzene rings is 1. The second kappa shape index (κ2) is 3.86. The quantitative estimate of drug-likeness (QED) is 0.785. The zero-order valence-electron chi connectivity index (χ0n) is 8.18. The Hall–Kier alpha value is -1.32. The van der Waals surface area contributed by atoms with Crippen LogP contribution in [0.2, 0.25) is 0 Å². The normalized spacial score (nSPS) is 18.7. The van der Waals surface area contributed by atoms with Gasteiger partial charge in [-0.05, 0) is 12.1 Å². The molecule has 0 bridgehead atoms. The number of sulfonamides is 1. The van der Waals surface area contributed by atoms with Gasteiger partial charge in [-0.1, -0.05) is 21.1 Å². The Labute approximate surface area is 105 Å². The number of fused-ring (bicyclic) bond motifs is 1. The van der Waals surface area contributed by atoms with Gasteiger partial charge in [0, 0.05) is 10.0 Å². The van der Waals surface area contributed by atoms with Crippen LogP contribution in [0.15, 0.2) is 26.7 Å². The molecule has 1 amide bonds. The van der Waals surface area contributed by atoms with Crippen molar-refractivity contribution in [3.63, 3.8) is 0 Å². The summed E-state index contributed by atoms with van der Waals surface area (Å²) in [5.74, 6) is -0.669. The van der Waals surface area contributed by atoms with Crippen molar-refractivity contribution in [3.8, 4) is 0 Å². The van der Waals surface area contributed by atoms with Crippen molar-refractivity contribution in [1.29, 1.82) is 0 Å². The second-order valence-electron chi connectivity index (χ2n) is 3.41. The first kappa shape index (κ1) is 12.1. The highest BCUT2D eigenvalue weighted by Crippen LogP contribution is 2.39. The van der Waals surface area contributed by atoms with Crippen LogP contribution in [0.5, 0.6) is 0 Å². The zero-order chi connectivity index (χ0) is 12.8. The van der Waals surface area contributed by atoms with E-state index in [-0.39, 0.29) is 16.1 Å². The molecule has 1 aromatic rings. The van der Waals surface area contributed by atoms with Crippen LogP contribution in [0.1, 0.15) is 11.6 Å². The first-order valence-electron chi connectivity index (χ1n) is 4.34. The predicted octanol–water partition coefficient (Wildman–Crippen LogP) is 0.856. The van der Waals surface area contributed by atoms with E-state index in [1.807, 2.05) is 0 Å². The fourth-order valence-electron chi connectivity index (χ4n) is 1.61. The standard InChI is InChI=1S/C8H6BrN3O4S/c9-3-1-4-6(5(2-3)17(10,15)16)11-8(13)7(4)12-14/h1-2,7H,(H,11,13)(H2,10,15,16). The van der Waals surface area contributed by atoms with Crippen molar-refractivity contribution in [2.45, 2.75) is 10.9 Å². The van der Waals surface area contributed by atoms with Crippen LogP contribution in [0.25, 0.3) is 0 Å². The van der Waals surface area contributed by atoms with Crippen LogP contribution in [0, 0.1) is 4.91 Å². The maximum Gasteiger partial charge on any atom is 0.257 e. The number of carbonyl (C=O) groups excluding carboxylic acids is 1. The SMILES string of the molecule is NS(=O)(=O)c1cc(Br)cc2c1NC(=O)C2N=O. The summed E-state index contributed by atoms with van der Waals surface area (Å²) in [6.07, 6.45) is 0. The number of halogens is 1. The topological polar surface area (TPSA) is 119 Å².